The average molecular weight is 332 g/mol. The average Bonchev–Trinajstić information content (AvgIpc) is 2.73. The van der Waals surface area contributed by atoms with Crippen LogP contribution in [0.3, 0.4) is 0 Å². The maximum Gasteiger partial charge on any atom is 0.244 e. The second-order valence-electron chi connectivity index (χ2n) is 6.76. The van der Waals surface area contributed by atoms with E-state index in [2.05, 4.69) is 20.8 Å². The molecule has 0 radical (unpaired) electrons. The van der Waals surface area contributed by atoms with E-state index in [0.29, 0.717) is 23.9 Å². The third-order valence-electron chi connectivity index (χ3n) is 4.38. The Balaban J connectivity index is 2.19. The van der Waals surface area contributed by atoms with Crippen LogP contribution in [0.1, 0.15) is 44.9 Å². The largest absolute Gasteiger partial charge is 0.391 e. The van der Waals surface area contributed by atoms with E-state index in [1.54, 1.807) is 15.8 Å². The number of sulfonamides is 1. The van der Waals surface area contributed by atoms with E-state index in [0.717, 1.165) is 19.3 Å². The Bertz CT molecular complexity index is 572. The Labute approximate surface area is 131 Å². The van der Waals surface area contributed by atoms with Crippen molar-refractivity contribution >= 4 is 21.4 Å². The molecule has 0 spiro atoms. The number of thiophene rings is 1. The fraction of sp³-hybridized carbons (Fsp3) is 0.733. The van der Waals surface area contributed by atoms with Crippen LogP contribution in [-0.2, 0) is 16.6 Å². The quantitative estimate of drug-likeness (QED) is 0.926. The molecule has 1 aromatic heterocycles. The first-order chi connectivity index (χ1) is 9.76. The lowest BCUT2D eigenvalue weighted by Gasteiger charge is -2.29. The standard InChI is InChI=1S/C15H25NO3S2/c1-15(2,3)12-5-4-8-16(9-6-12)21(18,19)14-7-10-20-13(14)11-17/h7,10,12,17H,4-6,8-9,11H2,1-3H3. The van der Waals surface area contributed by atoms with Crippen LogP contribution in [0.25, 0.3) is 0 Å². The summed E-state index contributed by atoms with van der Waals surface area (Å²) >= 11 is 1.29. The molecular weight excluding hydrogens is 306 g/mol. The second kappa shape index (κ2) is 6.36. The lowest BCUT2D eigenvalue weighted by atomic mass is 9.77. The van der Waals surface area contributed by atoms with Gasteiger partial charge < -0.3 is 5.11 Å². The van der Waals surface area contributed by atoms with Gasteiger partial charge in [0.1, 0.15) is 0 Å². The van der Waals surface area contributed by atoms with Crippen LogP contribution >= 0.6 is 11.3 Å². The summed E-state index contributed by atoms with van der Waals surface area (Å²) in [5, 5.41) is 11.0. The molecule has 0 saturated carbocycles. The molecular formula is C15H25NO3S2. The van der Waals surface area contributed by atoms with Crippen molar-refractivity contribution in [3.63, 3.8) is 0 Å². The fourth-order valence-electron chi connectivity index (χ4n) is 2.99. The molecule has 0 aliphatic carbocycles. The molecule has 4 nitrogen and oxygen atoms in total. The van der Waals surface area contributed by atoms with Crippen molar-refractivity contribution in [3.8, 4) is 0 Å². The van der Waals surface area contributed by atoms with Gasteiger partial charge in [-0.05, 0) is 42.0 Å². The van der Waals surface area contributed by atoms with E-state index in [1.165, 1.54) is 11.3 Å². The zero-order chi connectivity index (χ0) is 15.7. The Morgan fingerprint density at radius 1 is 1.33 bits per heavy atom. The summed E-state index contributed by atoms with van der Waals surface area (Å²) in [6.07, 6.45) is 2.88. The Kier molecular flexibility index (Phi) is 5.13. The SMILES string of the molecule is CC(C)(C)C1CCCN(S(=O)(=O)c2ccsc2CO)CC1. The molecule has 1 unspecified atom stereocenters. The number of hydrogen-bond acceptors (Lipinski definition) is 4. The summed E-state index contributed by atoms with van der Waals surface area (Å²) in [5.74, 6) is 0.553. The monoisotopic (exact) mass is 331 g/mol. The number of hydrogen-bond donors (Lipinski definition) is 1. The number of rotatable bonds is 3. The highest BCUT2D eigenvalue weighted by Crippen LogP contribution is 2.36. The van der Waals surface area contributed by atoms with Crippen LogP contribution in [-0.4, -0.2) is 30.9 Å². The molecule has 1 aliphatic rings. The van der Waals surface area contributed by atoms with Gasteiger partial charge in [0.2, 0.25) is 10.0 Å². The molecule has 21 heavy (non-hydrogen) atoms. The minimum absolute atomic E-state index is 0.218. The van der Waals surface area contributed by atoms with E-state index in [1.807, 2.05) is 0 Å². The summed E-state index contributed by atoms with van der Waals surface area (Å²) in [5.41, 5.74) is 0.221. The number of aliphatic hydroxyl groups is 1. The minimum atomic E-state index is -3.47. The molecule has 1 atom stereocenters. The molecule has 0 aromatic carbocycles. The molecule has 1 aromatic rings. The van der Waals surface area contributed by atoms with Crippen molar-refractivity contribution in [2.24, 2.45) is 11.3 Å². The lowest BCUT2D eigenvalue weighted by Crippen LogP contribution is -2.32. The van der Waals surface area contributed by atoms with Gasteiger partial charge in [-0.2, -0.15) is 4.31 Å². The van der Waals surface area contributed by atoms with E-state index in [-0.39, 0.29) is 16.9 Å². The number of nitrogens with zero attached hydrogens (tertiary/aromatic N) is 1. The van der Waals surface area contributed by atoms with Crippen LogP contribution in [0, 0.1) is 11.3 Å². The van der Waals surface area contributed by atoms with E-state index < -0.39 is 10.0 Å². The highest BCUT2D eigenvalue weighted by atomic mass is 32.2. The lowest BCUT2D eigenvalue weighted by molar-refractivity contribution is 0.217. The maximum atomic E-state index is 12.8. The van der Waals surface area contributed by atoms with Gasteiger partial charge in [0.25, 0.3) is 0 Å². The van der Waals surface area contributed by atoms with Gasteiger partial charge in [-0.25, -0.2) is 8.42 Å². The van der Waals surface area contributed by atoms with Crippen molar-refractivity contribution in [2.75, 3.05) is 13.1 Å². The van der Waals surface area contributed by atoms with Crippen LogP contribution in [0.15, 0.2) is 16.3 Å². The van der Waals surface area contributed by atoms with Crippen molar-refractivity contribution in [1.29, 1.82) is 0 Å². The van der Waals surface area contributed by atoms with E-state index in [9.17, 15) is 13.5 Å². The molecule has 1 N–H and O–H groups in total. The topological polar surface area (TPSA) is 57.6 Å². The van der Waals surface area contributed by atoms with Gasteiger partial charge in [-0.15, -0.1) is 11.3 Å². The highest BCUT2D eigenvalue weighted by molar-refractivity contribution is 7.89. The van der Waals surface area contributed by atoms with Gasteiger partial charge in [-0.3, -0.25) is 0 Å². The molecule has 1 aliphatic heterocycles. The Hall–Kier alpha value is -0.430. The Morgan fingerprint density at radius 3 is 2.67 bits per heavy atom. The third kappa shape index (κ3) is 3.67. The van der Waals surface area contributed by atoms with Crippen molar-refractivity contribution < 1.29 is 13.5 Å². The number of aliphatic hydroxyl groups excluding tert-OH is 1. The van der Waals surface area contributed by atoms with Gasteiger partial charge in [0.15, 0.2) is 0 Å². The molecule has 0 bridgehead atoms. The predicted molar refractivity (Wildman–Crippen MR) is 85.8 cm³/mol. The van der Waals surface area contributed by atoms with E-state index in [4.69, 9.17) is 0 Å². The van der Waals surface area contributed by atoms with Gasteiger partial charge in [-0.1, -0.05) is 20.8 Å². The molecule has 0 amide bonds. The van der Waals surface area contributed by atoms with Crippen LogP contribution in [0.5, 0.6) is 0 Å². The van der Waals surface area contributed by atoms with Crippen molar-refractivity contribution in [2.45, 2.75) is 51.5 Å². The van der Waals surface area contributed by atoms with E-state index >= 15 is 0 Å². The fourth-order valence-corrected chi connectivity index (χ4v) is 5.75. The molecule has 6 heteroatoms. The summed E-state index contributed by atoms with van der Waals surface area (Å²) in [6, 6.07) is 1.61. The molecule has 120 valence electrons. The van der Waals surface area contributed by atoms with Crippen molar-refractivity contribution in [3.05, 3.63) is 16.3 Å². The summed E-state index contributed by atoms with van der Waals surface area (Å²) in [7, 11) is -3.47. The normalized spacial score (nSPS) is 22.2. The van der Waals surface area contributed by atoms with Crippen LogP contribution < -0.4 is 0 Å². The summed E-state index contributed by atoms with van der Waals surface area (Å²) in [4.78, 5) is 0.816. The third-order valence-corrected chi connectivity index (χ3v) is 7.40. The first-order valence-electron chi connectivity index (χ1n) is 7.44. The second-order valence-corrected chi connectivity index (χ2v) is 9.67. The van der Waals surface area contributed by atoms with Crippen molar-refractivity contribution in [1.82, 2.24) is 4.31 Å². The molecule has 1 fully saturated rings. The predicted octanol–water partition coefficient (Wildman–Crippen LogP) is 3.08. The zero-order valence-electron chi connectivity index (χ0n) is 13.0. The van der Waals surface area contributed by atoms with Gasteiger partial charge in [0.05, 0.1) is 11.5 Å². The first kappa shape index (κ1) is 16.9. The summed E-state index contributed by atoms with van der Waals surface area (Å²) < 4.78 is 27.1. The molecule has 2 rings (SSSR count). The maximum absolute atomic E-state index is 12.8. The van der Waals surface area contributed by atoms with Gasteiger partial charge in [0, 0.05) is 18.0 Å². The molecule has 2 heterocycles. The first-order valence-corrected chi connectivity index (χ1v) is 9.76. The van der Waals surface area contributed by atoms with Gasteiger partial charge >= 0.3 is 0 Å². The minimum Gasteiger partial charge on any atom is -0.391 e. The van der Waals surface area contributed by atoms with Crippen LogP contribution in [0.2, 0.25) is 0 Å². The van der Waals surface area contributed by atoms with Crippen LogP contribution in [0.4, 0.5) is 0 Å². The molecule has 1 saturated heterocycles. The highest BCUT2D eigenvalue weighted by Gasteiger charge is 2.33. The zero-order valence-corrected chi connectivity index (χ0v) is 14.6. The smallest absolute Gasteiger partial charge is 0.244 e. The Morgan fingerprint density at radius 2 is 2.05 bits per heavy atom. The summed E-state index contributed by atoms with van der Waals surface area (Å²) in [6.45, 7) is 7.62.